The maximum atomic E-state index is 12.1. The second kappa shape index (κ2) is 6.10. The van der Waals surface area contributed by atoms with Crippen LogP contribution in [-0.4, -0.2) is 38.3 Å². The fraction of sp³-hybridized carbons (Fsp3) is 0.800. The maximum absolute atomic E-state index is 12.1. The van der Waals surface area contributed by atoms with Crippen molar-refractivity contribution < 1.29 is 18.8 Å². The SMILES string of the molecule is CC(C)(C)OC(=O)N1OCC=C1CO[Si](C)(C)C(C)(C)C. The van der Waals surface area contributed by atoms with Gasteiger partial charge in [0.2, 0.25) is 0 Å². The van der Waals surface area contributed by atoms with Crippen LogP contribution < -0.4 is 0 Å². The van der Waals surface area contributed by atoms with Gasteiger partial charge in [-0.1, -0.05) is 20.8 Å². The van der Waals surface area contributed by atoms with Gasteiger partial charge in [-0.15, -0.1) is 0 Å². The average molecular weight is 315 g/mol. The molecule has 1 aliphatic heterocycles. The lowest BCUT2D eigenvalue weighted by Gasteiger charge is -2.36. The topological polar surface area (TPSA) is 48.0 Å². The van der Waals surface area contributed by atoms with Gasteiger partial charge in [0.1, 0.15) is 5.60 Å². The lowest BCUT2D eigenvalue weighted by Crippen LogP contribution is -2.42. The summed E-state index contributed by atoms with van der Waals surface area (Å²) in [6.07, 6.45) is 1.36. The second-order valence-electron chi connectivity index (χ2n) is 7.81. The molecule has 21 heavy (non-hydrogen) atoms. The number of carbonyl (C=O) groups excluding carboxylic acids is 1. The molecule has 0 aromatic rings. The Balaban J connectivity index is 2.65. The lowest BCUT2D eigenvalue weighted by atomic mass is 10.2. The van der Waals surface area contributed by atoms with Gasteiger partial charge in [-0.25, -0.2) is 4.79 Å². The number of hydrogen-bond acceptors (Lipinski definition) is 4. The van der Waals surface area contributed by atoms with Crippen molar-refractivity contribution in [2.45, 2.75) is 65.3 Å². The number of ether oxygens (including phenoxy) is 1. The molecule has 1 heterocycles. The second-order valence-corrected chi connectivity index (χ2v) is 12.6. The van der Waals surface area contributed by atoms with E-state index in [4.69, 9.17) is 14.0 Å². The number of hydroxylamine groups is 2. The van der Waals surface area contributed by atoms with E-state index in [1.165, 1.54) is 5.06 Å². The van der Waals surface area contributed by atoms with Gasteiger partial charge in [0.15, 0.2) is 8.32 Å². The van der Waals surface area contributed by atoms with Crippen molar-refractivity contribution in [3.05, 3.63) is 11.8 Å². The minimum atomic E-state index is -1.86. The number of nitrogens with zero attached hydrogens (tertiary/aromatic N) is 1. The van der Waals surface area contributed by atoms with Crippen LogP contribution in [0.3, 0.4) is 0 Å². The van der Waals surface area contributed by atoms with Gasteiger partial charge >= 0.3 is 6.09 Å². The highest BCUT2D eigenvalue weighted by Crippen LogP contribution is 2.37. The first-order valence-corrected chi connectivity index (χ1v) is 10.2. The smallest absolute Gasteiger partial charge is 0.439 e. The van der Waals surface area contributed by atoms with E-state index in [0.29, 0.717) is 18.9 Å². The summed E-state index contributed by atoms with van der Waals surface area (Å²) >= 11 is 0. The molecule has 1 amide bonds. The van der Waals surface area contributed by atoms with E-state index in [0.717, 1.165) is 0 Å². The lowest BCUT2D eigenvalue weighted by molar-refractivity contribution is -0.103. The molecule has 0 saturated carbocycles. The molecule has 6 heteroatoms. The van der Waals surface area contributed by atoms with Crippen LogP contribution in [-0.2, 0) is 14.0 Å². The van der Waals surface area contributed by atoms with E-state index in [9.17, 15) is 4.79 Å². The van der Waals surface area contributed by atoms with Crippen LogP contribution >= 0.6 is 0 Å². The molecule has 0 aromatic heterocycles. The molecule has 5 nitrogen and oxygen atoms in total. The Morgan fingerprint density at radius 2 is 1.86 bits per heavy atom. The van der Waals surface area contributed by atoms with E-state index >= 15 is 0 Å². The zero-order valence-electron chi connectivity index (χ0n) is 14.6. The molecule has 0 aliphatic carbocycles. The van der Waals surface area contributed by atoms with Gasteiger partial charge in [0, 0.05) is 0 Å². The summed E-state index contributed by atoms with van der Waals surface area (Å²) in [5.74, 6) is 0. The van der Waals surface area contributed by atoms with Crippen LogP contribution in [0.1, 0.15) is 41.5 Å². The van der Waals surface area contributed by atoms with Gasteiger partial charge in [-0.2, -0.15) is 5.06 Å². The third-order valence-electron chi connectivity index (χ3n) is 3.73. The van der Waals surface area contributed by atoms with Gasteiger partial charge in [-0.05, 0) is 45.0 Å². The molecule has 0 fully saturated rings. The minimum Gasteiger partial charge on any atom is -0.442 e. The summed E-state index contributed by atoms with van der Waals surface area (Å²) < 4.78 is 11.5. The van der Waals surface area contributed by atoms with E-state index in [1.54, 1.807) is 0 Å². The van der Waals surface area contributed by atoms with Crippen molar-refractivity contribution in [3.63, 3.8) is 0 Å². The molecule has 0 bridgehead atoms. The van der Waals surface area contributed by atoms with Crippen LogP contribution in [0.15, 0.2) is 11.8 Å². The summed E-state index contributed by atoms with van der Waals surface area (Å²) in [4.78, 5) is 17.4. The molecule has 0 saturated heterocycles. The quantitative estimate of drug-likeness (QED) is 0.736. The molecule has 0 N–H and O–H groups in total. The fourth-order valence-corrected chi connectivity index (χ4v) is 2.38. The molecular formula is C15H29NO4Si. The van der Waals surface area contributed by atoms with Gasteiger partial charge in [0.25, 0.3) is 0 Å². The van der Waals surface area contributed by atoms with E-state index in [1.807, 2.05) is 26.8 Å². The monoisotopic (exact) mass is 315 g/mol. The Morgan fingerprint density at radius 3 is 2.33 bits per heavy atom. The minimum absolute atomic E-state index is 0.129. The normalized spacial score (nSPS) is 17.0. The Bertz CT molecular complexity index is 418. The predicted octanol–water partition coefficient (Wildman–Crippen LogP) is 4.07. The summed E-state index contributed by atoms with van der Waals surface area (Å²) in [6.45, 7) is 17.1. The van der Waals surface area contributed by atoms with E-state index in [-0.39, 0.29) is 5.04 Å². The highest BCUT2D eigenvalue weighted by atomic mass is 28.4. The van der Waals surface area contributed by atoms with E-state index in [2.05, 4.69) is 33.9 Å². The first-order valence-electron chi connectivity index (χ1n) is 7.32. The molecule has 0 aromatic carbocycles. The Hall–Kier alpha value is -0.853. The highest BCUT2D eigenvalue weighted by Gasteiger charge is 2.38. The first kappa shape index (κ1) is 18.2. The molecule has 1 aliphatic rings. The standard InChI is InChI=1S/C15H29NO4Si/c1-14(2,3)20-13(17)16-12(9-10-18-16)11-19-21(7,8)15(4,5)6/h9H,10-11H2,1-8H3. The maximum Gasteiger partial charge on any atom is 0.439 e. The number of rotatable bonds is 3. The molecule has 0 unspecified atom stereocenters. The third kappa shape index (κ3) is 5.12. The van der Waals surface area contributed by atoms with Gasteiger partial charge in [-0.3, -0.25) is 4.84 Å². The molecule has 1 rings (SSSR count). The summed E-state index contributed by atoms with van der Waals surface area (Å²) in [7, 11) is -1.86. The van der Waals surface area contributed by atoms with Crippen molar-refractivity contribution in [3.8, 4) is 0 Å². The number of carbonyl (C=O) groups is 1. The van der Waals surface area contributed by atoms with Crippen molar-refractivity contribution in [1.82, 2.24) is 5.06 Å². The first-order chi connectivity index (χ1) is 9.33. The summed E-state index contributed by atoms with van der Waals surface area (Å²) in [5, 5.41) is 1.34. The summed E-state index contributed by atoms with van der Waals surface area (Å²) in [6, 6.07) is 0. The summed E-state index contributed by atoms with van der Waals surface area (Å²) in [5.41, 5.74) is 0.170. The molecule has 0 atom stereocenters. The largest absolute Gasteiger partial charge is 0.442 e. The zero-order chi connectivity index (χ0) is 16.5. The van der Waals surface area contributed by atoms with Crippen LogP contribution in [0.2, 0.25) is 18.1 Å². The molecule has 0 spiro atoms. The molecule has 122 valence electrons. The number of amides is 1. The molecule has 0 radical (unpaired) electrons. The van der Waals surface area contributed by atoms with Gasteiger partial charge < -0.3 is 9.16 Å². The molecular weight excluding hydrogens is 286 g/mol. The van der Waals surface area contributed by atoms with Crippen LogP contribution in [0, 0.1) is 0 Å². The van der Waals surface area contributed by atoms with Crippen LogP contribution in [0.25, 0.3) is 0 Å². The fourth-order valence-electron chi connectivity index (χ4n) is 1.44. The Labute approximate surface area is 129 Å². The highest BCUT2D eigenvalue weighted by molar-refractivity contribution is 6.74. The Morgan fingerprint density at radius 1 is 1.29 bits per heavy atom. The van der Waals surface area contributed by atoms with Gasteiger partial charge in [0.05, 0.1) is 18.9 Å². The van der Waals surface area contributed by atoms with Crippen LogP contribution in [0.5, 0.6) is 0 Å². The van der Waals surface area contributed by atoms with Crippen molar-refractivity contribution >= 4 is 14.4 Å². The third-order valence-corrected chi connectivity index (χ3v) is 8.21. The Kier molecular flexibility index (Phi) is 5.29. The van der Waals surface area contributed by atoms with Crippen molar-refractivity contribution in [2.24, 2.45) is 0 Å². The predicted molar refractivity (Wildman–Crippen MR) is 85.3 cm³/mol. The average Bonchev–Trinajstić information content (AvgIpc) is 2.70. The number of hydrogen-bond donors (Lipinski definition) is 0. The van der Waals surface area contributed by atoms with E-state index < -0.39 is 20.0 Å². The van der Waals surface area contributed by atoms with Crippen molar-refractivity contribution in [2.75, 3.05) is 13.2 Å². The van der Waals surface area contributed by atoms with Crippen LogP contribution in [0.4, 0.5) is 4.79 Å². The van der Waals surface area contributed by atoms with Crippen molar-refractivity contribution in [1.29, 1.82) is 0 Å². The zero-order valence-corrected chi connectivity index (χ0v) is 15.6.